The normalized spacial score (nSPS) is 11.1. The quantitative estimate of drug-likeness (QED) is 0.376. The predicted molar refractivity (Wildman–Crippen MR) is 132 cm³/mol. The third-order valence-electron chi connectivity index (χ3n) is 5.26. The van der Waals surface area contributed by atoms with Crippen LogP contribution in [0, 0.1) is 0 Å². The summed E-state index contributed by atoms with van der Waals surface area (Å²) in [6.45, 7) is 4.07. The SMILES string of the molecule is CC(C)n1cnnc1-c1cccc(Nc2cccc3oc(C(=O)Nc4ccccn4)cc(=O)c23)n1. The van der Waals surface area contributed by atoms with Gasteiger partial charge in [0.25, 0.3) is 5.91 Å². The van der Waals surface area contributed by atoms with Crippen molar-refractivity contribution in [2.75, 3.05) is 10.6 Å². The average molecular weight is 467 g/mol. The van der Waals surface area contributed by atoms with Crippen molar-refractivity contribution in [3.8, 4) is 11.5 Å². The van der Waals surface area contributed by atoms with Gasteiger partial charge >= 0.3 is 0 Å². The van der Waals surface area contributed by atoms with E-state index in [0.29, 0.717) is 34.2 Å². The number of fused-ring (bicyclic) bond motifs is 1. The fourth-order valence-electron chi connectivity index (χ4n) is 3.61. The van der Waals surface area contributed by atoms with E-state index in [9.17, 15) is 9.59 Å². The zero-order valence-electron chi connectivity index (χ0n) is 19.0. The summed E-state index contributed by atoms with van der Waals surface area (Å²) in [5.74, 6) is 0.840. The first kappa shape index (κ1) is 22.0. The van der Waals surface area contributed by atoms with Crippen LogP contribution in [0.3, 0.4) is 0 Å². The number of benzene rings is 1. The summed E-state index contributed by atoms with van der Waals surface area (Å²) in [4.78, 5) is 34.3. The molecule has 0 spiro atoms. The Bertz CT molecular complexity index is 1580. The van der Waals surface area contributed by atoms with Crippen molar-refractivity contribution in [2.45, 2.75) is 19.9 Å². The van der Waals surface area contributed by atoms with Crippen LogP contribution in [0.4, 0.5) is 17.3 Å². The van der Waals surface area contributed by atoms with Gasteiger partial charge in [0.1, 0.15) is 29.2 Å². The number of rotatable bonds is 6. The number of amides is 1. The van der Waals surface area contributed by atoms with Gasteiger partial charge in [-0.1, -0.05) is 18.2 Å². The minimum absolute atomic E-state index is 0.113. The van der Waals surface area contributed by atoms with Gasteiger partial charge in [0.15, 0.2) is 17.0 Å². The molecule has 0 saturated carbocycles. The Morgan fingerprint density at radius 2 is 1.86 bits per heavy atom. The molecule has 0 bridgehead atoms. The van der Waals surface area contributed by atoms with Gasteiger partial charge in [0.2, 0.25) is 0 Å². The highest BCUT2D eigenvalue weighted by atomic mass is 16.3. The van der Waals surface area contributed by atoms with Gasteiger partial charge in [-0.2, -0.15) is 0 Å². The smallest absolute Gasteiger partial charge is 0.292 e. The number of anilines is 3. The van der Waals surface area contributed by atoms with Crippen molar-refractivity contribution in [3.63, 3.8) is 0 Å². The van der Waals surface area contributed by atoms with E-state index in [1.165, 1.54) is 6.07 Å². The summed E-state index contributed by atoms with van der Waals surface area (Å²) in [5.41, 5.74) is 1.05. The first-order chi connectivity index (χ1) is 17.0. The lowest BCUT2D eigenvalue weighted by molar-refractivity contribution is 0.0997. The van der Waals surface area contributed by atoms with E-state index >= 15 is 0 Å². The Balaban J connectivity index is 1.46. The van der Waals surface area contributed by atoms with Crippen LogP contribution in [-0.2, 0) is 0 Å². The zero-order chi connectivity index (χ0) is 24.4. The van der Waals surface area contributed by atoms with E-state index in [2.05, 4.69) is 30.8 Å². The van der Waals surface area contributed by atoms with Crippen LogP contribution in [0.2, 0.25) is 0 Å². The van der Waals surface area contributed by atoms with Crippen LogP contribution in [-0.4, -0.2) is 30.6 Å². The Morgan fingerprint density at radius 3 is 2.66 bits per heavy atom. The number of hydrogen-bond acceptors (Lipinski definition) is 8. The molecule has 0 radical (unpaired) electrons. The van der Waals surface area contributed by atoms with Gasteiger partial charge in [-0.25, -0.2) is 9.97 Å². The summed E-state index contributed by atoms with van der Waals surface area (Å²) in [7, 11) is 0. The third kappa shape index (κ3) is 4.49. The van der Waals surface area contributed by atoms with Crippen LogP contribution in [0.1, 0.15) is 30.4 Å². The van der Waals surface area contributed by atoms with Crippen molar-refractivity contribution < 1.29 is 9.21 Å². The highest BCUT2D eigenvalue weighted by Crippen LogP contribution is 2.26. The molecule has 35 heavy (non-hydrogen) atoms. The lowest BCUT2D eigenvalue weighted by Crippen LogP contribution is -2.16. The van der Waals surface area contributed by atoms with Crippen molar-refractivity contribution in [1.82, 2.24) is 24.7 Å². The lowest BCUT2D eigenvalue weighted by atomic mass is 10.1. The molecule has 5 aromatic rings. The molecule has 0 unspecified atom stereocenters. The number of pyridine rings is 2. The van der Waals surface area contributed by atoms with Crippen molar-refractivity contribution in [2.24, 2.45) is 0 Å². The lowest BCUT2D eigenvalue weighted by Gasteiger charge is -2.12. The monoisotopic (exact) mass is 467 g/mol. The fraction of sp³-hybridized carbons (Fsp3) is 0.120. The molecule has 5 rings (SSSR count). The van der Waals surface area contributed by atoms with E-state index in [1.807, 2.05) is 30.5 Å². The van der Waals surface area contributed by atoms with E-state index in [0.717, 1.165) is 0 Å². The second-order valence-corrected chi connectivity index (χ2v) is 8.01. The maximum absolute atomic E-state index is 13.0. The van der Waals surface area contributed by atoms with Gasteiger partial charge in [0.05, 0.1) is 11.1 Å². The van der Waals surface area contributed by atoms with E-state index in [1.54, 1.807) is 55.0 Å². The number of nitrogens with zero attached hydrogens (tertiary/aromatic N) is 5. The minimum Gasteiger partial charge on any atom is -0.451 e. The second kappa shape index (κ2) is 9.18. The average Bonchev–Trinajstić information content (AvgIpc) is 3.35. The van der Waals surface area contributed by atoms with Crippen LogP contribution in [0.15, 0.2) is 82.4 Å². The molecule has 0 aliphatic heterocycles. The number of aromatic nitrogens is 5. The molecule has 1 aromatic carbocycles. The largest absolute Gasteiger partial charge is 0.451 e. The highest BCUT2D eigenvalue weighted by molar-refractivity contribution is 6.03. The number of hydrogen-bond donors (Lipinski definition) is 2. The summed E-state index contributed by atoms with van der Waals surface area (Å²) in [5, 5.41) is 14.3. The highest BCUT2D eigenvalue weighted by Gasteiger charge is 2.16. The van der Waals surface area contributed by atoms with Crippen LogP contribution in [0.5, 0.6) is 0 Å². The zero-order valence-corrected chi connectivity index (χ0v) is 19.0. The maximum atomic E-state index is 13.0. The molecule has 1 amide bonds. The molecular weight excluding hydrogens is 446 g/mol. The van der Waals surface area contributed by atoms with Crippen molar-refractivity contribution >= 4 is 34.2 Å². The van der Waals surface area contributed by atoms with Gasteiger partial charge in [0, 0.05) is 18.3 Å². The Kier molecular flexibility index (Phi) is 5.76. The number of carbonyl (C=O) groups is 1. The van der Waals surface area contributed by atoms with Gasteiger partial charge in [-0.3, -0.25) is 9.59 Å². The predicted octanol–water partition coefficient (Wildman–Crippen LogP) is 4.42. The third-order valence-corrected chi connectivity index (χ3v) is 5.26. The number of carbonyl (C=O) groups excluding carboxylic acids is 1. The van der Waals surface area contributed by atoms with Crippen LogP contribution >= 0.6 is 0 Å². The molecule has 0 aliphatic carbocycles. The Hall–Kier alpha value is -4.86. The second-order valence-electron chi connectivity index (χ2n) is 8.01. The first-order valence-electron chi connectivity index (χ1n) is 10.9. The van der Waals surface area contributed by atoms with E-state index in [-0.39, 0.29) is 22.8 Å². The number of nitrogens with one attached hydrogen (secondary N) is 2. The first-order valence-corrected chi connectivity index (χ1v) is 10.9. The molecule has 174 valence electrons. The molecule has 0 fully saturated rings. The fourth-order valence-corrected chi connectivity index (χ4v) is 3.61. The van der Waals surface area contributed by atoms with Crippen molar-refractivity contribution in [1.29, 1.82) is 0 Å². The maximum Gasteiger partial charge on any atom is 0.292 e. The Morgan fingerprint density at radius 1 is 1.03 bits per heavy atom. The summed E-state index contributed by atoms with van der Waals surface area (Å²) in [6.07, 6.45) is 3.22. The summed E-state index contributed by atoms with van der Waals surface area (Å²) in [6, 6.07) is 17.0. The van der Waals surface area contributed by atoms with Crippen LogP contribution < -0.4 is 16.1 Å². The molecule has 4 aromatic heterocycles. The van der Waals surface area contributed by atoms with Gasteiger partial charge in [-0.15, -0.1) is 10.2 Å². The van der Waals surface area contributed by atoms with Gasteiger partial charge in [-0.05, 0) is 50.2 Å². The standard InChI is InChI=1S/C25H21N7O3/c1-15(2)32-14-27-31-24(32)17-8-6-11-22(29-17)28-16-7-5-9-19-23(16)18(33)13-20(35-19)25(34)30-21-10-3-4-12-26-21/h3-15H,1-2H3,(H,28,29)(H,26,30,34). The molecule has 10 heteroatoms. The molecule has 0 saturated heterocycles. The minimum atomic E-state index is -0.565. The molecule has 2 N–H and O–H groups in total. The van der Waals surface area contributed by atoms with Gasteiger partial charge < -0.3 is 19.6 Å². The molecule has 10 nitrogen and oxygen atoms in total. The topological polar surface area (TPSA) is 128 Å². The summed E-state index contributed by atoms with van der Waals surface area (Å²) < 4.78 is 7.68. The van der Waals surface area contributed by atoms with E-state index < -0.39 is 5.91 Å². The summed E-state index contributed by atoms with van der Waals surface area (Å²) >= 11 is 0. The Labute approximate surface area is 199 Å². The van der Waals surface area contributed by atoms with Crippen LogP contribution in [0.25, 0.3) is 22.5 Å². The molecule has 0 atom stereocenters. The molecule has 0 aliphatic rings. The molecular formula is C25H21N7O3. The van der Waals surface area contributed by atoms with E-state index in [4.69, 9.17) is 4.42 Å². The molecule has 4 heterocycles. The van der Waals surface area contributed by atoms with Crippen molar-refractivity contribution in [3.05, 3.63) is 89.2 Å².